The summed E-state index contributed by atoms with van der Waals surface area (Å²) in [5, 5.41) is 2.90. The van der Waals surface area contributed by atoms with Crippen LogP contribution in [0, 0.1) is 0 Å². The molecule has 0 aliphatic rings. The van der Waals surface area contributed by atoms with E-state index in [4.69, 9.17) is 9.47 Å². The Labute approximate surface area is 195 Å². The minimum Gasteiger partial charge on any atom is -0.484 e. The number of carbonyl (C=O) groups excluding carboxylic acids is 2. The Kier molecular flexibility index (Phi) is 9.48. The van der Waals surface area contributed by atoms with Gasteiger partial charge < -0.3 is 19.7 Å². The Morgan fingerprint density at radius 3 is 2.03 bits per heavy atom. The molecule has 0 saturated carbocycles. The number of rotatable bonds is 12. The first-order valence-electron chi connectivity index (χ1n) is 11.0. The van der Waals surface area contributed by atoms with Crippen LogP contribution in [0.2, 0.25) is 0 Å². The lowest BCUT2D eigenvalue weighted by molar-refractivity contribution is -0.142. The van der Waals surface area contributed by atoms with E-state index in [0.29, 0.717) is 31.9 Å². The van der Waals surface area contributed by atoms with Crippen molar-refractivity contribution in [1.82, 2.24) is 10.2 Å². The Morgan fingerprint density at radius 1 is 0.848 bits per heavy atom. The van der Waals surface area contributed by atoms with Gasteiger partial charge >= 0.3 is 0 Å². The Morgan fingerprint density at radius 2 is 1.42 bits per heavy atom. The molecule has 6 nitrogen and oxygen atoms in total. The zero-order chi connectivity index (χ0) is 23.3. The summed E-state index contributed by atoms with van der Waals surface area (Å²) in [5.74, 6) is 0.125. The molecule has 0 aliphatic carbocycles. The SMILES string of the molecule is COCCNC(=O)[C@H](Cc1ccccc1)N(Cc1ccccc1)C(=O)COc1ccccc1. The van der Waals surface area contributed by atoms with Gasteiger partial charge in [-0.15, -0.1) is 0 Å². The van der Waals surface area contributed by atoms with Crippen LogP contribution in [0.3, 0.4) is 0 Å². The van der Waals surface area contributed by atoms with E-state index in [9.17, 15) is 9.59 Å². The van der Waals surface area contributed by atoms with Gasteiger partial charge in [0.15, 0.2) is 6.61 Å². The van der Waals surface area contributed by atoms with Gasteiger partial charge in [0.2, 0.25) is 5.91 Å². The van der Waals surface area contributed by atoms with Gasteiger partial charge in [0.1, 0.15) is 11.8 Å². The highest BCUT2D eigenvalue weighted by atomic mass is 16.5. The molecule has 3 aromatic carbocycles. The quantitative estimate of drug-likeness (QED) is 0.433. The minimum absolute atomic E-state index is 0.159. The molecule has 0 radical (unpaired) electrons. The number of amides is 2. The van der Waals surface area contributed by atoms with Crippen molar-refractivity contribution < 1.29 is 19.1 Å². The van der Waals surface area contributed by atoms with Crippen LogP contribution in [0.4, 0.5) is 0 Å². The first-order valence-corrected chi connectivity index (χ1v) is 11.0. The van der Waals surface area contributed by atoms with Gasteiger partial charge in [-0.2, -0.15) is 0 Å². The fraction of sp³-hybridized carbons (Fsp3) is 0.259. The maximum Gasteiger partial charge on any atom is 0.261 e. The fourth-order valence-electron chi connectivity index (χ4n) is 3.47. The maximum atomic E-state index is 13.4. The molecule has 172 valence electrons. The second kappa shape index (κ2) is 13.0. The molecule has 2 amide bonds. The van der Waals surface area contributed by atoms with Gasteiger partial charge in [0, 0.05) is 26.6 Å². The van der Waals surface area contributed by atoms with E-state index in [0.717, 1.165) is 11.1 Å². The first kappa shape index (κ1) is 24.0. The zero-order valence-corrected chi connectivity index (χ0v) is 18.9. The van der Waals surface area contributed by atoms with Crippen LogP contribution in [0.1, 0.15) is 11.1 Å². The van der Waals surface area contributed by atoms with E-state index in [1.807, 2.05) is 78.9 Å². The number of para-hydroxylation sites is 1. The number of ether oxygens (including phenoxy) is 2. The molecule has 0 spiro atoms. The summed E-state index contributed by atoms with van der Waals surface area (Å²) in [4.78, 5) is 28.2. The smallest absolute Gasteiger partial charge is 0.261 e. The van der Waals surface area contributed by atoms with Gasteiger partial charge in [-0.3, -0.25) is 9.59 Å². The molecule has 0 fully saturated rings. The van der Waals surface area contributed by atoms with Gasteiger partial charge in [0.05, 0.1) is 6.61 Å². The van der Waals surface area contributed by atoms with Crippen molar-refractivity contribution in [3.8, 4) is 5.75 Å². The number of nitrogens with one attached hydrogen (secondary N) is 1. The molecule has 0 heterocycles. The van der Waals surface area contributed by atoms with Crippen LogP contribution in [0.15, 0.2) is 91.0 Å². The van der Waals surface area contributed by atoms with Crippen LogP contribution in [0.25, 0.3) is 0 Å². The fourth-order valence-corrected chi connectivity index (χ4v) is 3.47. The van der Waals surface area contributed by atoms with Crippen LogP contribution >= 0.6 is 0 Å². The number of hydrogen-bond acceptors (Lipinski definition) is 4. The highest BCUT2D eigenvalue weighted by molar-refractivity contribution is 5.88. The lowest BCUT2D eigenvalue weighted by atomic mass is 10.0. The second-order valence-electron chi connectivity index (χ2n) is 7.60. The van der Waals surface area contributed by atoms with Crippen LogP contribution < -0.4 is 10.1 Å². The third kappa shape index (κ3) is 7.77. The highest BCUT2D eigenvalue weighted by Gasteiger charge is 2.30. The van der Waals surface area contributed by atoms with Gasteiger partial charge in [-0.05, 0) is 23.3 Å². The van der Waals surface area contributed by atoms with E-state index in [-0.39, 0.29) is 18.4 Å². The van der Waals surface area contributed by atoms with Crippen molar-refractivity contribution in [1.29, 1.82) is 0 Å². The average Bonchev–Trinajstić information content (AvgIpc) is 2.86. The number of methoxy groups -OCH3 is 1. The monoisotopic (exact) mass is 446 g/mol. The summed E-state index contributed by atoms with van der Waals surface area (Å²) in [7, 11) is 1.58. The molecular formula is C27H30N2O4. The molecule has 33 heavy (non-hydrogen) atoms. The van der Waals surface area contributed by atoms with Crippen molar-refractivity contribution in [3.63, 3.8) is 0 Å². The van der Waals surface area contributed by atoms with E-state index in [2.05, 4.69) is 5.32 Å². The molecule has 1 atom stereocenters. The minimum atomic E-state index is -0.698. The summed E-state index contributed by atoms with van der Waals surface area (Å²) in [6, 6.07) is 27.8. The molecule has 0 unspecified atom stereocenters. The summed E-state index contributed by atoms with van der Waals surface area (Å²) < 4.78 is 10.8. The number of carbonyl (C=O) groups is 2. The topological polar surface area (TPSA) is 67.9 Å². The molecule has 0 aliphatic heterocycles. The van der Waals surface area contributed by atoms with E-state index in [1.165, 1.54) is 0 Å². The summed E-state index contributed by atoms with van der Waals surface area (Å²) >= 11 is 0. The molecule has 3 rings (SSSR count). The first-order chi connectivity index (χ1) is 16.2. The summed E-state index contributed by atoms with van der Waals surface area (Å²) in [5.41, 5.74) is 1.91. The predicted octanol–water partition coefficient (Wildman–Crippen LogP) is 3.47. The van der Waals surface area contributed by atoms with Gasteiger partial charge in [0.25, 0.3) is 5.91 Å². The van der Waals surface area contributed by atoms with Crippen molar-refractivity contribution in [2.24, 2.45) is 0 Å². The van der Waals surface area contributed by atoms with Crippen molar-refractivity contribution in [2.45, 2.75) is 19.0 Å². The third-order valence-corrected chi connectivity index (χ3v) is 5.18. The summed E-state index contributed by atoms with van der Waals surface area (Å²) in [6.07, 6.45) is 0.392. The van der Waals surface area contributed by atoms with Crippen LogP contribution in [-0.2, 0) is 27.3 Å². The van der Waals surface area contributed by atoms with Gasteiger partial charge in [-0.25, -0.2) is 0 Å². The second-order valence-corrected chi connectivity index (χ2v) is 7.60. The van der Waals surface area contributed by atoms with Crippen molar-refractivity contribution >= 4 is 11.8 Å². The molecule has 0 saturated heterocycles. The number of benzene rings is 3. The lowest BCUT2D eigenvalue weighted by Gasteiger charge is -2.31. The van der Waals surface area contributed by atoms with Crippen molar-refractivity contribution in [3.05, 3.63) is 102 Å². The molecule has 1 N–H and O–H groups in total. The molecular weight excluding hydrogens is 416 g/mol. The highest BCUT2D eigenvalue weighted by Crippen LogP contribution is 2.16. The lowest BCUT2D eigenvalue weighted by Crippen LogP contribution is -2.52. The Bertz CT molecular complexity index is 981. The average molecular weight is 447 g/mol. The molecule has 3 aromatic rings. The van der Waals surface area contributed by atoms with Gasteiger partial charge in [-0.1, -0.05) is 78.9 Å². The van der Waals surface area contributed by atoms with E-state index in [1.54, 1.807) is 24.1 Å². The molecule has 0 aromatic heterocycles. The largest absolute Gasteiger partial charge is 0.484 e. The molecule has 6 heteroatoms. The Balaban J connectivity index is 1.85. The normalized spacial score (nSPS) is 11.4. The third-order valence-electron chi connectivity index (χ3n) is 5.18. The van der Waals surface area contributed by atoms with E-state index < -0.39 is 6.04 Å². The van der Waals surface area contributed by atoms with Crippen LogP contribution in [0.5, 0.6) is 5.75 Å². The van der Waals surface area contributed by atoms with E-state index >= 15 is 0 Å². The molecule has 0 bridgehead atoms. The maximum absolute atomic E-state index is 13.4. The summed E-state index contributed by atoms with van der Waals surface area (Å²) in [6.45, 7) is 0.905. The number of nitrogens with zero attached hydrogens (tertiary/aromatic N) is 1. The predicted molar refractivity (Wildman–Crippen MR) is 128 cm³/mol. The Hall–Kier alpha value is -3.64. The van der Waals surface area contributed by atoms with Crippen molar-refractivity contribution in [2.75, 3.05) is 26.9 Å². The van der Waals surface area contributed by atoms with Crippen LogP contribution in [-0.4, -0.2) is 49.6 Å². The standard InChI is InChI=1S/C27H30N2O4/c1-32-18-17-28-27(31)25(19-22-11-5-2-6-12-22)29(20-23-13-7-3-8-14-23)26(30)21-33-24-15-9-4-10-16-24/h2-16,25H,17-21H2,1H3,(H,28,31)/t25-/m0/s1. The number of hydrogen-bond donors (Lipinski definition) is 1. The zero-order valence-electron chi connectivity index (χ0n) is 18.9.